The fourth-order valence-corrected chi connectivity index (χ4v) is 3.28. The van der Waals surface area contributed by atoms with E-state index in [4.69, 9.17) is 14.2 Å². The molecule has 1 aliphatic heterocycles. The first-order chi connectivity index (χ1) is 14.6. The highest BCUT2D eigenvalue weighted by Gasteiger charge is 2.25. The molecule has 154 valence electrons. The molecular formula is C23H22N2O5. The molecule has 1 amide bonds. The van der Waals surface area contributed by atoms with Gasteiger partial charge < -0.3 is 19.1 Å². The minimum atomic E-state index is -0.628. The molecule has 0 saturated heterocycles. The second-order valence-electron chi connectivity index (χ2n) is 6.90. The Kier molecular flexibility index (Phi) is 5.79. The van der Waals surface area contributed by atoms with Crippen LogP contribution in [0.15, 0.2) is 60.7 Å². The number of amides is 1. The molecule has 3 aromatic rings. The smallest absolute Gasteiger partial charge is 0.357 e. The van der Waals surface area contributed by atoms with Crippen molar-refractivity contribution in [2.45, 2.75) is 13.0 Å². The maximum Gasteiger partial charge on any atom is 0.357 e. The molecule has 1 aliphatic rings. The molecule has 2 aromatic carbocycles. The number of benzene rings is 2. The predicted molar refractivity (Wildman–Crippen MR) is 111 cm³/mol. The van der Waals surface area contributed by atoms with Crippen molar-refractivity contribution >= 4 is 22.8 Å². The van der Waals surface area contributed by atoms with Crippen molar-refractivity contribution in [2.75, 3.05) is 26.3 Å². The summed E-state index contributed by atoms with van der Waals surface area (Å²) in [5, 5.41) is 0.929. The highest BCUT2D eigenvalue weighted by Crippen LogP contribution is 2.31. The zero-order valence-corrected chi connectivity index (χ0v) is 16.6. The summed E-state index contributed by atoms with van der Waals surface area (Å²) in [7, 11) is 0. The Hall–Kier alpha value is -3.61. The van der Waals surface area contributed by atoms with Crippen molar-refractivity contribution in [1.29, 1.82) is 0 Å². The van der Waals surface area contributed by atoms with Crippen LogP contribution in [0.25, 0.3) is 10.9 Å². The molecule has 0 aliphatic carbocycles. The number of likely N-dealkylation sites (N-methyl/N-ethyl adjacent to an activating group) is 1. The van der Waals surface area contributed by atoms with Gasteiger partial charge in [-0.15, -0.1) is 0 Å². The molecule has 1 aromatic heterocycles. The van der Waals surface area contributed by atoms with E-state index in [1.54, 1.807) is 17.0 Å². The number of para-hydroxylation sites is 3. The van der Waals surface area contributed by atoms with E-state index in [1.165, 1.54) is 0 Å². The van der Waals surface area contributed by atoms with Gasteiger partial charge in [-0.25, -0.2) is 9.78 Å². The van der Waals surface area contributed by atoms with Gasteiger partial charge in [-0.3, -0.25) is 4.79 Å². The molecule has 30 heavy (non-hydrogen) atoms. The molecule has 7 heteroatoms. The summed E-state index contributed by atoms with van der Waals surface area (Å²) in [4.78, 5) is 30.8. The Labute approximate surface area is 174 Å². The lowest BCUT2D eigenvalue weighted by Crippen LogP contribution is -2.45. The Morgan fingerprint density at radius 1 is 1.07 bits per heavy atom. The summed E-state index contributed by atoms with van der Waals surface area (Å²) in [6, 6.07) is 18.3. The lowest BCUT2D eigenvalue weighted by molar-refractivity contribution is -0.135. The Bertz CT molecular complexity index is 1070. The maximum absolute atomic E-state index is 12.6. The average molecular weight is 406 g/mol. The van der Waals surface area contributed by atoms with E-state index in [-0.39, 0.29) is 24.3 Å². The molecule has 2 heterocycles. The summed E-state index contributed by atoms with van der Waals surface area (Å²) in [5.41, 5.74) is 0.869. The predicted octanol–water partition coefficient (Wildman–Crippen LogP) is 3.08. The van der Waals surface area contributed by atoms with Crippen molar-refractivity contribution in [2.24, 2.45) is 0 Å². The van der Waals surface area contributed by atoms with Gasteiger partial charge in [0, 0.05) is 11.9 Å². The second kappa shape index (κ2) is 8.82. The Morgan fingerprint density at radius 3 is 2.67 bits per heavy atom. The number of aromatic nitrogens is 1. The average Bonchev–Trinajstić information content (AvgIpc) is 2.80. The number of hydrogen-bond donors (Lipinski definition) is 0. The van der Waals surface area contributed by atoms with Crippen LogP contribution in [0.3, 0.4) is 0 Å². The largest absolute Gasteiger partial charge is 0.486 e. The van der Waals surface area contributed by atoms with E-state index in [1.807, 2.05) is 55.5 Å². The van der Waals surface area contributed by atoms with Crippen LogP contribution < -0.4 is 9.47 Å². The van der Waals surface area contributed by atoms with Crippen LogP contribution in [0.5, 0.6) is 11.5 Å². The number of pyridine rings is 1. The molecule has 0 fully saturated rings. The third kappa shape index (κ3) is 4.35. The summed E-state index contributed by atoms with van der Waals surface area (Å²) < 4.78 is 16.8. The van der Waals surface area contributed by atoms with Gasteiger partial charge in [-0.2, -0.15) is 0 Å². The summed E-state index contributed by atoms with van der Waals surface area (Å²) >= 11 is 0. The van der Waals surface area contributed by atoms with Crippen molar-refractivity contribution in [3.8, 4) is 11.5 Å². The molecule has 4 rings (SSSR count). The molecule has 1 atom stereocenters. The number of hydrogen-bond acceptors (Lipinski definition) is 6. The quantitative estimate of drug-likeness (QED) is 0.586. The lowest BCUT2D eigenvalue weighted by atomic mass is 10.2. The number of fused-ring (bicyclic) bond motifs is 2. The van der Waals surface area contributed by atoms with Crippen LogP contribution in [-0.4, -0.2) is 54.2 Å². The van der Waals surface area contributed by atoms with Gasteiger partial charge in [0.05, 0.1) is 12.1 Å². The van der Waals surface area contributed by atoms with E-state index in [9.17, 15) is 9.59 Å². The fourth-order valence-electron chi connectivity index (χ4n) is 3.28. The Morgan fingerprint density at radius 2 is 1.83 bits per heavy atom. The van der Waals surface area contributed by atoms with Gasteiger partial charge in [0.25, 0.3) is 5.91 Å². The molecule has 0 radical (unpaired) electrons. The minimum Gasteiger partial charge on any atom is -0.486 e. The molecular weight excluding hydrogens is 384 g/mol. The third-order valence-corrected chi connectivity index (χ3v) is 4.86. The normalized spacial score (nSPS) is 14.9. The van der Waals surface area contributed by atoms with E-state index in [0.29, 0.717) is 36.7 Å². The number of carbonyl (C=O) groups excluding carboxylic acids is 2. The molecule has 0 N–H and O–H groups in total. The summed E-state index contributed by atoms with van der Waals surface area (Å²) in [5.74, 6) is 0.427. The maximum atomic E-state index is 12.6. The van der Waals surface area contributed by atoms with Gasteiger partial charge in [-0.05, 0) is 31.2 Å². The molecule has 0 saturated carbocycles. The number of carbonyl (C=O) groups is 2. The van der Waals surface area contributed by atoms with Crippen LogP contribution in [0.1, 0.15) is 17.4 Å². The standard InChI is InChI=1S/C23H22N2O5/c1-2-25(13-17-14-28-20-9-5-6-10-21(20)30-17)22(26)15-29-23(27)19-12-11-16-7-3-4-8-18(16)24-19/h3-12,17H,2,13-15H2,1H3/t17-/m1/s1. The van der Waals surface area contributed by atoms with E-state index < -0.39 is 5.97 Å². The first kappa shape index (κ1) is 19.7. The van der Waals surface area contributed by atoms with Crippen LogP contribution in [-0.2, 0) is 9.53 Å². The first-order valence-corrected chi connectivity index (χ1v) is 9.83. The van der Waals surface area contributed by atoms with E-state index in [2.05, 4.69) is 4.98 Å². The first-order valence-electron chi connectivity index (χ1n) is 9.83. The van der Waals surface area contributed by atoms with Crippen LogP contribution in [0, 0.1) is 0 Å². The van der Waals surface area contributed by atoms with Gasteiger partial charge >= 0.3 is 5.97 Å². The summed E-state index contributed by atoms with van der Waals surface area (Å²) in [6.07, 6.45) is -0.290. The zero-order chi connectivity index (χ0) is 20.9. The number of ether oxygens (including phenoxy) is 3. The number of rotatable bonds is 6. The monoisotopic (exact) mass is 406 g/mol. The Balaban J connectivity index is 1.33. The van der Waals surface area contributed by atoms with Crippen LogP contribution >= 0.6 is 0 Å². The second-order valence-corrected chi connectivity index (χ2v) is 6.90. The van der Waals surface area contributed by atoms with Gasteiger partial charge in [0.2, 0.25) is 0 Å². The van der Waals surface area contributed by atoms with E-state index >= 15 is 0 Å². The number of esters is 1. The van der Waals surface area contributed by atoms with Crippen LogP contribution in [0.4, 0.5) is 0 Å². The van der Waals surface area contributed by atoms with Crippen molar-refractivity contribution in [1.82, 2.24) is 9.88 Å². The SMILES string of the molecule is CCN(C[C@@H]1COc2ccccc2O1)C(=O)COC(=O)c1ccc2ccccc2n1. The van der Waals surface area contributed by atoms with Crippen molar-refractivity contribution < 1.29 is 23.8 Å². The van der Waals surface area contributed by atoms with E-state index in [0.717, 1.165) is 5.39 Å². The topological polar surface area (TPSA) is 78.0 Å². The van der Waals surface area contributed by atoms with Crippen molar-refractivity contribution in [3.05, 3.63) is 66.4 Å². The highest BCUT2D eigenvalue weighted by molar-refractivity contribution is 5.92. The molecule has 0 unspecified atom stereocenters. The fraction of sp³-hybridized carbons (Fsp3) is 0.261. The van der Waals surface area contributed by atoms with Gasteiger partial charge in [0.1, 0.15) is 12.3 Å². The molecule has 7 nitrogen and oxygen atoms in total. The van der Waals surface area contributed by atoms with Gasteiger partial charge in [0.15, 0.2) is 24.2 Å². The van der Waals surface area contributed by atoms with Crippen LogP contribution in [0.2, 0.25) is 0 Å². The lowest BCUT2D eigenvalue weighted by Gasteiger charge is -2.30. The third-order valence-electron chi connectivity index (χ3n) is 4.86. The number of nitrogens with zero attached hydrogens (tertiary/aromatic N) is 2. The van der Waals surface area contributed by atoms with Crippen molar-refractivity contribution in [3.63, 3.8) is 0 Å². The highest BCUT2D eigenvalue weighted by atomic mass is 16.6. The van der Waals surface area contributed by atoms with Gasteiger partial charge in [-0.1, -0.05) is 36.4 Å². The molecule has 0 spiro atoms. The molecule has 0 bridgehead atoms. The summed E-state index contributed by atoms with van der Waals surface area (Å²) in [6.45, 7) is 2.66. The zero-order valence-electron chi connectivity index (χ0n) is 16.6. The minimum absolute atomic E-state index is 0.171.